The van der Waals surface area contributed by atoms with Gasteiger partial charge in [0.05, 0.1) is 10.6 Å². The van der Waals surface area contributed by atoms with Gasteiger partial charge in [-0.25, -0.2) is 0 Å². The van der Waals surface area contributed by atoms with Crippen molar-refractivity contribution in [1.29, 1.82) is 0 Å². The minimum atomic E-state index is -0.163. The topological polar surface area (TPSA) is 29.5 Å². The van der Waals surface area contributed by atoms with Crippen LogP contribution in [0.4, 0.5) is 5.69 Å². The lowest BCUT2D eigenvalue weighted by Crippen LogP contribution is -2.27. The third-order valence-corrected chi connectivity index (χ3v) is 5.89. The van der Waals surface area contributed by atoms with Crippen molar-refractivity contribution in [2.75, 3.05) is 4.90 Å². The van der Waals surface area contributed by atoms with E-state index in [1.165, 1.54) is 27.8 Å². The van der Waals surface area contributed by atoms with E-state index in [-0.39, 0.29) is 5.91 Å². The Balaban J connectivity index is 1.44. The van der Waals surface area contributed by atoms with Gasteiger partial charge in [0.25, 0.3) is 5.91 Å². The average Bonchev–Trinajstić information content (AvgIpc) is 3.00. The van der Waals surface area contributed by atoms with E-state index in [0.717, 1.165) is 23.4 Å². The van der Waals surface area contributed by atoms with Crippen LogP contribution in [0.15, 0.2) is 90.3 Å². The zero-order valence-electron chi connectivity index (χ0n) is 15.7. The summed E-state index contributed by atoms with van der Waals surface area (Å²) in [6, 6.07) is 26.1. The van der Waals surface area contributed by atoms with Crippen LogP contribution in [0.2, 0.25) is 0 Å². The zero-order valence-corrected chi connectivity index (χ0v) is 17.3. The highest BCUT2D eigenvalue weighted by atomic mass is 32.2. The second kappa shape index (κ2) is 8.64. The normalized spacial score (nSPS) is 13.8. The molecule has 3 aromatic rings. The molecule has 3 nitrogen and oxygen atoms in total. The van der Waals surface area contributed by atoms with Crippen molar-refractivity contribution in [3.05, 3.63) is 107 Å². The summed E-state index contributed by atoms with van der Waals surface area (Å²) in [5, 5.41) is 0. The van der Waals surface area contributed by atoms with Crippen molar-refractivity contribution in [2.24, 2.45) is 0 Å². The number of thiocarbonyl (C=S) groups is 1. The van der Waals surface area contributed by atoms with Crippen molar-refractivity contribution >= 4 is 39.9 Å². The monoisotopic (exact) mass is 417 g/mol. The van der Waals surface area contributed by atoms with Crippen LogP contribution in [0.5, 0.6) is 5.75 Å². The molecule has 1 heterocycles. The maximum atomic E-state index is 12.2. The van der Waals surface area contributed by atoms with Gasteiger partial charge in [0.2, 0.25) is 0 Å². The first-order chi connectivity index (χ1) is 14.1. The lowest BCUT2D eigenvalue weighted by atomic mass is 10.0. The fraction of sp³-hybridized carbons (Fsp3) is 0.0833. The second-order valence-electron chi connectivity index (χ2n) is 6.65. The van der Waals surface area contributed by atoms with Crippen molar-refractivity contribution in [3.8, 4) is 5.75 Å². The predicted octanol–water partition coefficient (Wildman–Crippen LogP) is 5.73. The van der Waals surface area contributed by atoms with E-state index >= 15 is 0 Å². The Morgan fingerprint density at radius 1 is 0.897 bits per heavy atom. The standard InChI is InChI=1S/C24H19NO2S2/c1-17-23(26)25(24(28)29-17)21-11-13-22(14-12-21)27-16-20-10-6-5-9-19(20)15-18-7-3-2-4-8-18/h2-14H,1,15-16H2. The summed E-state index contributed by atoms with van der Waals surface area (Å²) in [5.41, 5.74) is 4.40. The summed E-state index contributed by atoms with van der Waals surface area (Å²) in [7, 11) is 0. The molecule has 0 atom stereocenters. The summed E-state index contributed by atoms with van der Waals surface area (Å²) in [5.74, 6) is 0.579. The quantitative estimate of drug-likeness (QED) is 0.378. The third-order valence-electron chi connectivity index (χ3n) is 4.68. The lowest BCUT2D eigenvalue weighted by Gasteiger charge is -2.15. The third kappa shape index (κ3) is 4.42. The smallest absolute Gasteiger partial charge is 0.270 e. The van der Waals surface area contributed by atoms with E-state index in [4.69, 9.17) is 17.0 Å². The Labute approximate surface area is 180 Å². The Morgan fingerprint density at radius 2 is 1.55 bits per heavy atom. The molecule has 0 aliphatic carbocycles. The van der Waals surface area contributed by atoms with Gasteiger partial charge in [0, 0.05) is 0 Å². The number of ether oxygens (including phenoxy) is 1. The van der Waals surface area contributed by atoms with E-state index in [1.54, 1.807) is 0 Å². The summed E-state index contributed by atoms with van der Waals surface area (Å²) in [6.45, 7) is 4.22. The summed E-state index contributed by atoms with van der Waals surface area (Å²) >= 11 is 6.50. The fourth-order valence-electron chi connectivity index (χ4n) is 3.16. The molecular weight excluding hydrogens is 398 g/mol. The van der Waals surface area contributed by atoms with Gasteiger partial charge in [-0.1, -0.05) is 85.2 Å². The molecule has 1 aliphatic heterocycles. The van der Waals surface area contributed by atoms with Gasteiger partial charge in [0.15, 0.2) is 4.32 Å². The van der Waals surface area contributed by atoms with E-state index in [9.17, 15) is 4.79 Å². The number of amides is 1. The molecule has 0 unspecified atom stereocenters. The lowest BCUT2D eigenvalue weighted by molar-refractivity contribution is -0.113. The molecule has 29 heavy (non-hydrogen) atoms. The molecule has 3 aromatic carbocycles. The number of hydrogen-bond donors (Lipinski definition) is 0. The van der Waals surface area contributed by atoms with Gasteiger partial charge in [-0.05, 0) is 47.4 Å². The highest BCUT2D eigenvalue weighted by Crippen LogP contribution is 2.34. The number of hydrogen-bond acceptors (Lipinski definition) is 4. The molecule has 0 saturated carbocycles. The van der Waals surface area contributed by atoms with Crippen LogP contribution >= 0.6 is 24.0 Å². The van der Waals surface area contributed by atoms with Crippen LogP contribution in [-0.2, 0) is 17.8 Å². The number of carbonyl (C=O) groups excluding carboxylic acids is 1. The van der Waals surface area contributed by atoms with E-state index in [2.05, 4.69) is 49.0 Å². The first-order valence-corrected chi connectivity index (χ1v) is 10.4. The Bertz CT molecular complexity index is 1060. The number of carbonyl (C=O) groups is 1. The maximum Gasteiger partial charge on any atom is 0.270 e. The van der Waals surface area contributed by atoms with Crippen molar-refractivity contribution in [2.45, 2.75) is 13.0 Å². The number of benzene rings is 3. The molecule has 5 heteroatoms. The Morgan fingerprint density at radius 3 is 2.21 bits per heavy atom. The minimum absolute atomic E-state index is 0.163. The average molecular weight is 418 g/mol. The molecule has 1 aliphatic rings. The molecular formula is C24H19NO2S2. The number of thioether (sulfide) groups is 1. The van der Waals surface area contributed by atoms with Gasteiger partial charge in [0.1, 0.15) is 12.4 Å². The van der Waals surface area contributed by atoms with Crippen LogP contribution in [-0.4, -0.2) is 10.2 Å². The molecule has 1 amide bonds. The van der Waals surface area contributed by atoms with E-state index in [1.807, 2.05) is 36.4 Å². The molecule has 0 spiro atoms. The SMILES string of the molecule is C=C1SC(=S)N(c2ccc(OCc3ccccc3Cc3ccccc3)cc2)C1=O. The highest BCUT2D eigenvalue weighted by molar-refractivity contribution is 8.27. The highest BCUT2D eigenvalue weighted by Gasteiger charge is 2.31. The first kappa shape index (κ1) is 19.4. The van der Waals surface area contributed by atoms with E-state index in [0.29, 0.717) is 15.8 Å². The molecule has 1 fully saturated rings. The van der Waals surface area contributed by atoms with Crippen LogP contribution in [0.3, 0.4) is 0 Å². The number of anilines is 1. The Hall–Kier alpha value is -2.89. The summed E-state index contributed by atoms with van der Waals surface area (Å²) < 4.78 is 6.51. The van der Waals surface area contributed by atoms with Crippen molar-refractivity contribution in [3.63, 3.8) is 0 Å². The number of nitrogens with zero attached hydrogens (tertiary/aromatic N) is 1. The van der Waals surface area contributed by atoms with Crippen LogP contribution in [0.1, 0.15) is 16.7 Å². The van der Waals surface area contributed by atoms with Gasteiger partial charge in [-0.15, -0.1) is 0 Å². The largest absolute Gasteiger partial charge is 0.489 e. The zero-order chi connectivity index (χ0) is 20.2. The van der Waals surface area contributed by atoms with Crippen molar-refractivity contribution < 1.29 is 9.53 Å². The van der Waals surface area contributed by atoms with Gasteiger partial charge in [-0.3, -0.25) is 9.69 Å². The van der Waals surface area contributed by atoms with Gasteiger partial charge < -0.3 is 4.74 Å². The van der Waals surface area contributed by atoms with Crippen LogP contribution in [0.25, 0.3) is 0 Å². The Kier molecular flexibility index (Phi) is 5.79. The molecule has 1 saturated heterocycles. The molecule has 0 N–H and O–H groups in total. The molecule has 0 aromatic heterocycles. The maximum absolute atomic E-state index is 12.2. The van der Waals surface area contributed by atoms with Gasteiger partial charge >= 0.3 is 0 Å². The van der Waals surface area contributed by atoms with E-state index < -0.39 is 0 Å². The van der Waals surface area contributed by atoms with Crippen LogP contribution < -0.4 is 9.64 Å². The molecule has 0 radical (unpaired) electrons. The first-order valence-electron chi connectivity index (χ1n) is 9.20. The fourth-order valence-corrected chi connectivity index (χ4v) is 4.32. The molecule has 4 rings (SSSR count). The van der Waals surface area contributed by atoms with Crippen molar-refractivity contribution in [1.82, 2.24) is 0 Å². The predicted molar refractivity (Wildman–Crippen MR) is 123 cm³/mol. The molecule has 144 valence electrons. The summed E-state index contributed by atoms with van der Waals surface area (Å²) in [6.07, 6.45) is 0.870. The summed E-state index contributed by atoms with van der Waals surface area (Å²) in [4.78, 5) is 14.1. The number of rotatable bonds is 6. The van der Waals surface area contributed by atoms with Gasteiger partial charge in [-0.2, -0.15) is 0 Å². The second-order valence-corrected chi connectivity index (χ2v) is 8.37. The molecule has 0 bridgehead atoms. The van der Waals surface area contributed by atoms with Crippen LogP contribution in [0, 0.1) is 0 Å². The minimum Gasteiger partial charge on any atom is -0.489 e.